The Morgan fingerprint density at radius 3 is 2.53 bits per heavy atom. The molecule has 2 heterocycles. The van der Waals surface area contributed by atoms with Gasteiger partial charge < -0.3 is 20.8 Å². The highest BCUT2D eigenvalue weighted by Gasteiger charge is 2.14. The molecule has 6 heteroatoms. The molecule has 0 aliphatic rings. The standard InChI is InChI=1S/C28H37N5O/c1-4-6-7-8-14-33(13-5-2)28-17-24(15-21(3)32-28)34-27-16-22(18-29)9-11-25(27)26-12-10-23(19-30)20-31-26/h9-12,15-18,20,29H,4-8,13-14,19,30H2,1-3H3. The van der Waals surface area contributed by atoms with Crippen LogP contribution >= 0.6 is 0 Å². The average Bonchev–Trinajstić information content (AvgIpc) is 2.85. The Balaban J connectivity index is 1.92. The van der Waals surface area contributed by atoms with Gasteiger partial charge in [-0.2, -0.15) is 0 Å². The zero-order chi connectivity index (χ0) is 24.3. The van der Waals surface area contributed by atoms with Gasteiger partial charge in [0.25, 0.3) is 0 Å². The summed E-state index contributed by atoms with van der Waals surface area (Å²) in [5.74, 6) is 2.35. The Bertz CT molecular complexity index is 1060. The van der Waals surface area contributed by atoms with Crippen LogP contribution in [0.5, 0.6) is 11.5 Å². The van der Waals surface area contributed by atoms with Crippen LogP contribution in [0.4, 0.5) is 5.82 Å². The summed E-state index contributed by atoms with van der Waals surface area (Å²) in [6, 6.07) is 13.6. The molecule has 0 aliphatic heterocycles. The molecule has 0 unspecified atom stereocenters. The van der Waals surface area contributed by atoms with Gasteiger partial charge in [-0.1, -0.05) is 45.2 Å². The molecule has 0 radical (unpaired) electrons. The summed E-state index contributed by atoms with van der Waals surface area (Å²) < 4.78 is 6.42. The van der Waals surface area contributed by atoms with E-state index in [1.807, 2.05) is 49.4 Å². The third-order valence-electron chi connectivity index (χ3n) is 5.75. The topological polar surface area (TPSA) is 88.1 Å². The van der Waals surface area contributed by atoms with Crippen molar-refractivity contribution in [3.8, 4) is 22.8 Å². The fourth-order valence-corrected chi connectivity index (χ4v) is 3.94. The van der Waals surface area contributed by atoms with E-state index in [0.717, 1.165) is 65.6 Å². The number of hydrogen-bond donors (Lipinski definition) is 2. The maximum atomic E-state index is 7.69. The van der Waals surface area contributed by atoms with E-state index in [4.69, 9.17) is 20.9 Å². The lowest BCUT2D eigenvalue weighted by atomic mass is 10.1. The molecule has 34 heavy (non-hydrogen) atoms. The summed E-state index contributed by atoms with van der Waals surface area (Å²) in [4.78, 5) is 11.7. The maximum absolute atomic E-state index is 7.69. The predicted molar refractivity (Wildman–Crippen MR) is 141 cm³/mol. The fraction of sp³-hybridized carbons (Fsp3) is 0.393. The van der Waals surface area contributed by atoms with E-state index in [1.165, 1.54) is 25.5 Å². The van der Waals surface area contributed by atoms with Crippen molar-refractivity contribution in [1.82, 2.24) is 9.97 Å². The van der Waals surface area contributed by atoms with Gasteiger partial charge in [0.05, 0.1) is 5.69 Å². The van der Waals surface area contributed by atoms with Gasteiger partial charge in [-0.25, -0.2) is 4.98 Å². The van der Waals surface area contributed by atoms with Crippen LogP contribution in [0.1, 0.15) is 62.8 Å². The van der Waals surface area contributed by atoms with Crippen LogP contribution in [0.2, 0.25) is 0 Å². The summed E-state index contributed by atoms with van der Waals surface area (Å²) >= 11 is 0. The van der Waals surface area contributed by atoms with Crippen LogP contribution in [-0.4, -0.2) is 29.3 Å². The van der Waals surface area contributed by atoms with Crippen molar-refractivity contribution in [1.29, 1.82) is 5.41 Å². The monoisotopic (exact) mass is 459 g/mol. The van der Waals surface area contributed by atoms with Gasteiger partial charge in [-0.05, 0) is 49.1 Å². The number of aryl methyl sites for hydroxylation is 1. The maximum Gasteiger partial charge on any atom is 0.137 e. The molecule has 0 fully saturated rings. The van der Waals surface area contributed by atoms with Crippen LogP contribution in [0.15, 0.2) is 48.7 Å². The molecule has 0 amide bonds. The number of ether oxygens (including phenoxy) is 1. The Labute approximate surface area is 203 Å². The summed E-state index contributed by atoms with van der Waals surface area (Å²) in [6.07, 6.45) is 9.08. The van der Waals surface area contributed by atoms with Crippen molar-refractivity contribution in [2.75, 3.05) is 18.0 Å². The largest absolute Gasteiger partial charge is 0.456 e. The Kier molecular flexibility index (Phi) is 9.59. The predicted octanol–water partition coefficient (Wildman–Crippen LogP) is 6.50. The second-order valence-corrected chi connectivity index (χ2v) is 8.61. The minimum atomic E-state index is 0.454. The van der Waals surface area contributed by atoms with E-state index in [2.05, 4.69) is 23.7 Å². The SMILES string of the molecule is CCCCCCN(CCC)c1cc(Oc2cc(C=N)ccc2-c2ccc(CN)cn2)cc(C)n1. The number of nitrogens with two attached hydrogens (primary N) is 1. The summed E-state index contributed by atoms with van der Waals surface area (Å²) in [5.41, 5.74) is 10.1. The van der Waals surface area contributed by atoms with Crippen LogP contribution < -0.4 is 15.4 Å². The molecule has 0 saturated carbocycles. The van der Waals surface area contributed by atoms with Gasteiger partial charge in [0.15, 0.2) is 0 Å². The van der Waals surface area contributed by atoms with Crippen molar-refractivity contribution < 1.29 is 4.74 Å². The zero-order valence-electron chi connectivity index (χ0n) is 20.7. The van der Waals surface area contributed by atoms with Gasteiger partial charge in [0, 0.05) is 55.4 Å². The minimum Gasteiger partial charge on any atom is -0.456 e. The first-order chi connectivity index (χ1) is 16.6. The van der Waals surface area contributed by atoms with Crippen LogP contribution in [0, 0.1) is 12.3 Å². The van der Waals surface area contributed by atoms with Crippen LogP contribution in [-0.2, 0) is 6.54 Å². The van der Waals surface area contributed by atoms with E-state index in [-0.39, 0.29) is 0 Å². The van der Waals surface area contributed by atoms with E-state index >= 15 is 0 Å². The highest BCUT2D eigenvalue weighted by atomic mass is 16.5. The first-order valence-corrected chi connectivity index (χ1v) is 12.3. The number of anilines is 1. The quantitative estimate of drug-likeness (QED) is 0.225. The molecule has 0 spiro atoms. The van der Waals surface area contributed by atoms with Crippen molar-refractivity contribution in [3.63, 3.8) is 0 Å². The number of unbranched alkanes of at least 4 members (excludes halogenated alkanes) is 3. The summed E-state index contributed by atoms with van der Waals surface area (Å²) in [7, 11) is 0. The normalized spacial score (nSPS) is 10.8. The number of hydrogen-bond acceptors (Lipinski definition) is 6. The second-order valence-electron chi connectivity index (χ2n) is 8.61. The number of rotatable bonds is 13. The molecule has 0 saturated heterocycles. The molecule has 0 atom stereocenters. The Morgan fingerprint density at radius 1 is 1.00 bits per heavy atom. The highest BCUT2D eigenvalue weighted by molar-refractivity contribution is 5.81. The molecule has 180 valence electrons. The first kappa shape index (κ1) is 25.4. The van der Waals surface area contributed by atoms with Gasteiger partial charge in [-0.3, -0.25) is 4.98 Å². The molecule has 6 nitrogen and oxygen atoms in total. The molecule has 1 aromatic carbocycles. The summed E-state index contributed by atoms with van der Waals surface area (Å²) in [6.45, 7) is 8.85. The van der Waals surface area contributed by atoms with Gasteiger partial charge in [0.2, 0.25) is 0 Å². The van der Waals surface area contributed by atoms with Gasteiger partial charge in [0.1, 0.15) is 17.3 Å². The van der Waals surface area contributed by atoms with Gasteiger partial charge >= 0.3 is 0 Å². The van der Waals surface area contributed by atoms with Gasteiger partial charge in [-0.15, -0.1) is 0 Å². The van der Waals surface area contributed by atoms with E-state index in [1.54, 1.807) is 6.20 Å². The highest BCUT2D eigenvalue weighted by Crippen LogP contribution is 2.34. The zero-order valence-corrected chi connectivity index (χ0v) is 20.7. The number of benzene rings is 1. The third kappa shape index (κ3) is 6.87. The number of nitrogens with zero attached hydrogens (tertiary/aromatic N) is 3. The molecule has 3 N–H and O–H groups in total. The van der Waals surface area contributed by atoms with Crippen molar-refractivity contribution in [2.45, 2.75) is 59.4 Å². The smallest absolute Gasteiger partial charge is 0.137 e. The minimum absolute atomic E-state index is 0.454. The Hall–Kier alpha value is -3.25. The first-order valence-electron chi connectivity index (χ1n) is 12.3. The second kappa shape index (κ2) is 12.8. The van der Waals surface area contributed by atoms with Crippen LogP contribution in [0.3, 0.4) is 0 Å². The Morgan fingerprint density at radius 2 is 1.85 bits per heavy atom. The molecule has 3 rings (SSSR count). The number of pyridine rings is 2. The van der Waals surface area contributed by atoms with Crippen LogP contribution in [0.25, 0.3) is 11.3 Å². The molecular formula is C28H37N5O. The molecular weight excluding hydrogens is 422 g/mol. The lowest BCUT2D eigenvalue weighted by Gasteiger charge is -2.24. The van der Waals surface area contributed by atoms with Crippen molar-refractivity contribution >= 4 is 12.0 Å². The number of nitrogens with one attached hydrogen (secondary N) is 1. The van der Waals surface area contributed by atoms with Crippen molar-refractivity contribution in [2.24, 2.45) is 5.73 Å². The fourth-order valence-electron chi connectivity index (χ4n) is 3.94. The third-order valence-corrected chi connectivity index (χ3v) is 5.75. The number of aromatic nitrogens is 2. The lowest BCUT2D eigenvalue weighted by Crippen LogP contribution is -2.26. The van der Waals surface area contributed by atoms with E-state index < -0.39 is 0 Å². The molecule has 0 bridgehead atoms. The van der Waals surface area contributed by atoms with E-state index in [0.29, 0.717) is 12.3 Å². The molecule has 2 aromatic heterocycles. The van der Waals surface area contributed by atoms with Crippen molar-refractivity contribution in [3.05, 3.63) is 65.5 Å². The average molecular weight is 460 g/mol. The lowest BCUT2D eigenvalue weighted by molar-refractivity contribution is 0.482. The molecule has 0 aliphatic carbocycles. The molecule has 3 aromatic rings. The van der Waals surface area contributed by atoms with E-state index in [9.17, 15) is 0 Å². The summed E-state index contributed by atoms with van der Waals surface area (Å²) in [5, 5.41) is 7.69.